The number of likely N-dealkylation sites (N-methyl/N-ethyl adjacent to an activating group) is 1. The van der Waals surface area contributed by atoms with E-state index in [-0.39, 0.29) is 40.1 Å². The number of hydrogen-bond acceptors (Lipinski definition) is 6. The molecule has 0 spiro atoms. The number of aldehydes is 1. The number of benzene rings is 1. The third kappa shape index (κ3) is 5.44. The van der Waals surface area contributed by atoms with Crippen molar-refractivity contribution in [1.29, 1.82) is 0 Å². The van der Waals surface area contributed by atoms with Gasteiger partial charge in [0.15, 0.2) is 6.29 Å². The molecule has 3 heterocycles. The lowest BCUT2D eigenvalue weighted by Gasteiger charge is -2.44. The van der Waals surface area contributed by atoms with Gasteiger partial charge in [0.25, 0.3) is 5.91 Å². The van der Waals surface area contributed by atoms with E-state index in [1.807, 2.05) is 25.8 Å². The molecule has 2 aromatic heterocycles. The van der Waals surface area contributed by atoms with Gasteiger partial charge in [-0.2, -0.15) is 13.2 Å². The highest BCUT2D eigenvalue weighted by atomic mass is 19.4. The highest BCUT2D eigenvalue weighted by Crippen LogP contribution is 2.37. The fourth-order valence-corrected chi connectivity index (χ4v) is 4.50. The van der Waals surface area contributed by atoms with Crippen LogP contribution in [-0.2, 0) is 6.18 Å². The van der Waals surface area contributed by atoms with Gasteiger partial charge in [-0.05, 0) is 39.1 Å². The molecule has 8 nitrogen and oxygen atoms in total. The summed E-state index contributed by atoms with van der Waals surface area (Å²) in [5, 5.41) is 2.49. The van der Waals surface area contributed by atoms with Crippen molar-refractivity contribution in [1.82, 2.24) is 14.9 Å². The number of carbonyl (C=O) groups excluding carboxylic acids is 2. The van der Waals surface area contributed by atoms with E-state index in [1.165, 1.54) is 30.6 Å². The maximum Gasteiger partial charge on any atom is 0.417 e. The van der Waals surface area contributed by atoms with E-state index in [0.29, 0.717) is 31.6 Å². The van der Waals surface area contributed by atoms with Crippen LogP contribution in [0.2, 0.25) is 0 Å². The second-order valence-corrected chi connectivity index (χ2v) is 9.32. The first kappa shape index (κ1) is 27.0. The largest absolute Gasteiger partial charge is 0.417 e. The lowest BCUT2D eigenvalue weighted by atomic mass is 10.0. The van der Waals surface area contributed by atoms with Gasteiger partial charge in [-0.3, -0.25) is 24.3 Å². The number of piperazine rings is 1. The first-order valence-corrected chi connectivity index (χ1v) is 11.7. The van der Waals surface area contributed by atoms with Gasteiger partial charge in [0.2, 0.25) is 5.56 Å². The van der Waals surface area contributed by atoms with Gasteiger partial charge in [0.05, 0.1) is 22.5 Å². The minimum absolute atomic E-state index is 0.00649. The molecule has 1 fully saturated rings. The van der Waals surface area contributed by atoms with Crippen molar-refractivity contribution in [3.05, 3.63) is 75.7 Å². The van der Waals surface area contributed by atoms with Gasteiger partial charge >= 0.3 is 6.18 Å². The monoisotopic (exact) mass is 531 g/mol. The third-order valence-corrected chi connectivity index (χ3v) is 6.71. The molecule has 0 radical (unpaired) electrons. The van der Waals surface area contributed by atoms with Crippen LogP contribution in [-0.4, -0.2) is 59.3 Å². The number of H-pyrrole nitrogens is 1. The maximum absolute atomic E-state index is 15.4. The molecular formula is C26H25F4N5O3. The number of alkyl halides is 3. The Morgan fingerprint density at radius 3 is 2.45 bits per heavy atom. The number of amides is 1. The van der Waals surface area contributed by atoms with E-state index in [2.05, 4.69) is 20.2 Å². The van der Waals surface area contributed by atoms with Crippen LogP contribution in [0.5, 0.6) is 0 Å². The van der Waals surface area contributed by atoms with Gasteiger partial charge in [-0.15, -0.1) is 0 Å². The normalized spacial score (nSPS) is 18.3. The molecular weight excluding hydrogens is 506 g/mol. The Labute approximate surface area is 215 Å². The predicted molar refractivity (Wildman–Crippen MR) is 134 cm³/mol. The number of carbonyl (C=O) groups is 2. The first-order valence-electron chi connectivity index (χ1n) is 11.7. The van der Waals surface area contributed by atoms with E-state index in [1.54, 1.807) is 0 Å². The quantitative estimate of drug-likeness (QED) is 0.379. The molecule has 2 N–H and O–H groups in total. The molecule has 1 amide bonds. The summed E-state index contributed by atoms with van der Waals surface area (Å²) < 4.78 is 56.2. The SMILES string of the molecule is CC1CN(c2cc(F)c(-c3cncc(C=O)c3)cc2NC(=O)c2c[nH]c(=O)cc2C(F)(F)F)CC(C)N1C. The Morgan fingerprint density at radius 1 is 1.13 bits per heavy atom. The first-order chi connectivity index (χ1) is 17.9. The molecule has 1 saturated heterocycles. The summed E-state index contributed by atoms with van der Waals surface area (Å²) in [5.74, 6) is -1.80. The highest BCUT2D eigenvalue weighted by Gasteiger charge is 2.36. The zero-order valence-corrected chi connectivity index (χ0v) is 20.8. The lowest BCUT2D eigenvalue weighted by Crippen LogP contribution is -2.55. The van der Waals surface area contributed by atoms with Crippen LogP contribution in [0.4, 0.5) is 28.9 Å². The van der Waals surface area contributed by atoms with Crippen molar-refractivity contribution < 1.29 is 27.2 Å². The fourth-order valence-electron chi connectivity index (χ4n) is 4.50. The zero-order chi connectivity index (χ0) is 27.8. The van der Waals surface area contributed by atoms with Crippen LogP contribution in [0.15, 0.2) is 47.7 Å². The smallest absolute Gasteiger partial charge is 0.367 e. The Bertz CT molecular complexity index is 1430. The summed E-state index contributed by atoms with van der Waals surface area (Å²) in [6.45, 7) is 4.91. The molecule has 38 heavy (non-hydrogen) atoms. The van der Waals surface area contributed by atoms with Crippen LogP contribution in [0.3, 0.4) is 0 Å². The van der Waals surface area contributed by atoms with Crippen molar-refractivity contribution in [2.45, 2.75) is 32.1 Å². The van der Waals surface area contributed by atoms with Gasteiger partial charge in [-0.1, -0.05) is 0 Å². The van der Waals surface area contributed by atoms with Crippen LogP contribution < -0.4 is 15.8 Å². The lowest BCUT2D eigenvalue weighted by molar-refractivity contribution is -0.138. The average Bonchev–Trinajstić information content (AvgIpc) is 2.87. The summed E-state index contributed by atoms with van der Waals surface area (Å²) in [7, 11) is 1.96. The standard InChI is InChI=1S/C26H25F4N5O3/c1-14-11-35(12-15(2)34(14)3)23-7-21(27)18(17-4-16(13-36)8-31-9-17)5-22(23)33-25(38)19-10-32-24(37)6-20(19)26(28,29)30/h4-10,13-15H,11-12H2,1-3H3,(H,32,37)(H,33,38). The minimum Gasteiger partial charge on any atom is -0.367 e. The molecule has 12 heteroatoms. The van der Waals surface area contributed by atoms with E-state index in [0.717, 1.165) is 0 Å². The summed E-state index contributed by atoms with van der Waals surface area (Å²) in [5.41, 5.74) is -2.42. The highest BCUT2D eigenvalue weighted by molar-refractivity contribution is 6.07. The van der Waals surface area contributed by atoms with E-state index in [9.17, 15) is 27.6 Å². The summed E-state index contributed by atoms with van der Waals surface area (Å²) in [4.78, 5) is 45.9. The van der Waals surface area contributed by atoms with Crippen LogP contribution >= 0.6 is 0 Å². The summed E-state index contributed by atoms with van der Waals surface area (Å²) in [6.07, 6.45) is -1.08. The Balaban J connectivity index is 1.83. The van der Waals surface area contributed by atoms with Gasteiger partial charge < -0.3 is 15.2 Å². The molecule has 2 unspecified atom stereocenters. The number of rotatable bonds is 5. The molecule has 3 aromatic rings. The molecule has 0 bridgehead atoms. The topological polar surface area (TPSA) is 98.4 Å². The Hall–Kier alpha value is -4.06. The molecule has 200 valence electrons. The van der Waals surface area contributed by atoms with Crippen LogP contribution in [0, 0.1) is 5.82 Å². The Morgan fingerprint density at radius 2 is 1.82 bits per heavy atom. The number of hydrogen-bond donors (Lipinski definition) is 2. The summed E-state index contributed by atoms with van der Waals surface area (Å²) in [6, 6.07) is 4.37. The number of pyridine rings is 2. The number of anilines is 2. The predicted octanol–water partition coefficient (Wildman–Crippen LogP) is 4.19. The molecule has 0 saturated carbocycles. The van der Waals surface area contributed by atoms with Gasteiger partial charge in [0.1, 0.15) is 5.82 Å². The van der Waals surface area contributed by atoms with Crippen molar-refractivity contribution in [3.63, 3.8) is 0 Å². The third-order valence-electron chi connectivity index (χ3n) is 6.71. The van der Waals surface area contributed by atoms with Gasteiger partial charge in [0, 0.05) is 66.5 Å². The number of aromatic amines is 1. The van der Waals surface area contributed by atoms with Crippen molar-refractivity contribution in [3.8, 4) is 11.1 Å². The number of nitrogens with zero attached hydrogens (tertiary/aromatic N) is 3. The molecule has 4 rings (SSSR count). The maximum atomic E-state index is 15.4. The average molecular weight is 532 g/mol. The molecule has 2 atom stereocenters. The minimum atomic E-state index is -4.96. The van der Waals surface area contributed by atoms with E-state index >= 15 is 4.39 Å². The number of aromatic nitrogens is 2. The van der Waals surface area contributed by atoms with Crippen LogP contribution in [0.25, 0.3) is 11.1 Å². The second-order valence-electron chi connectivity index (χ2n) is 9.32. The molecule has 1 aliphatic rings. The second kappa shape index (κ2) is 10.4. The Kier molecular flexibility index (Phi) is 7.36. The van der Waals surface area contributed by atoms with Crippen molar-refractivity contribution in [2.24, 2.45) is 0 Å². The number of nitrogens with one attached hydrogen (secondary N) is 2. The molecule has 1 aliphatic heterocycles. The van der Waals surface area contributed by atoms with Crippen molar-refractivity contribution in [2.75, 3.05) is 30.4 Å². The van der Waals surface area contributed by atoms with Crippen molar-refractivity contribution >= 4 is 23.6 Å². The zero-order valence-electron chi connectivity index (χ0n) is 20.8. The summed E-state index contributed by atoms with van der Waals surface area (Å²) >= 11 is 0. The number of halogens is 4. The van der Waals surface area contributed by atoms with E-state index in [4.69, 9.17) is 0 Å². The fraction of sp³-hybridized carbons (Fsp3) is 0.308. The van der Waals surface area contributed by atoms with Gasteiger partial charge in [-0.25, -0.2) is 4.39 Å². The van der Waals surface area contributed by atoms with E-state index < -0.39 is 34.6 Å². The molecule has 0 aliphatic carbocycles. The molecule has 1 aromatic carbocycles. The van der Waals surface area contributed by atoms with Crippen LogP contribution in [0.1, 0.15) is 40.1 Å².